The van der Waals surface area contributed by atoms with Gasteiger partial charge < -0.3 is 18.0 Å². The fraction of sp³-hybridized carbons (Fsp3) is 0.250. The van der Waals surface area contributed by atoms with Gasteiger partial charge >= 0.3 is 0 Å². The Hall–Kier alpha value is -1.06. The van der Waals surface area contributed by atoms with Crippen molar-refractivity contribution in [1.82, 2.24) is 12.3 Å². The second-order valence-corrected chi connectivity index (χ2v) is 2.29. The number of anilines is 1. The lowest BCUT2D eigenvalue weighted by Crippen LogP contribution is -1.90. The molecule has 0 aliphatic rings. The van der Waals surface area contributed by atoms with Crippen LogP contribution in [0.5, 0.6) is 0 Å². The molecule has 0 radical (unpaired) electrons. The third-order valence-electron chi connectivity index (χ3n) is 1.65. The predicted molar refractivity (Wildman–Crippen MR) is 50.4 cm³/mol. The van der Waals surface area contributed by atoms with Crippen LogP contribution in [0.15, 0.2) is 18.2 Å². The summed E-state index contributed by atoms with van der Waals surface area (Å²) in [6.07, 6.45) is 0. The molecule has 8 N–H and O–H groups in total. The summed E-state index contributed by atoms with van der Waals surface area (Å²) in [5.41, 5.74) is 8.96. The van der Waals surface area contributed by atoms with Gasteiger partial charge in [0.05, 0.1) is 0 Å². The van der Waals surface area contributed by atoms with Crippen LogP contribution in [0.3, 0.4) is 0 Å². The molecule has 1 aromatic carbocycles. The molecule has 0 saturated carbocycles. The van der Waals surface area contributed by atoms with Crippen molar-refractivity contribution in [1.29, 1.82) is 0 Å². The number of nitrogens with two attached hydrogens (primary N) is 1. The van der Waals surface area contributed by atoms with E-state index >= 15 is 0 Å². The molecule has 0 aliphatic carbocycles. The fourth-order valence-corrected chi connectivity index (χ4v) is 0.774. The molecular weight excluding hydrogens is 138 g/mol. The van der Waals surface area contributed by atoms with Crippen LogP contribution in [-0.4, -0.2) is 0 Å². The first-order valence-corrected chi connectivity index (χ1v) is 3.03. The van der Waals surface area contributed by atoms with E-state index in [2.05, 4.69) is 13.0 Å². The van der Waals surface area contributed by atoms with Gasteiger partial charge in [-0.2, -0.15) is 0 Å². The van der Waals surface area contributed by atoms with E-state index in [1.807, 2.05) is 19.1 Å². The van der Waals surface area contributed by atoms with Gasteiger partial charge in [0.1, 0.15) is 0 Å². The molecule has 3 nitrogen and oxygen atoms in total. The summed E-state index contributed by atoms with van der Waals surface area (Å²) >= 11 is 0. The van der Waals surface area contributed by atoms with Crippen LogP contribution in [0.1, 0.15) is 11.1 Å². The summed E-state index contributed by atoms with van der Waals surface area (Å²) in [5, 5.41) is 0. The van der Waals surface area contributed by atoms with Crippen molar-refractivity contribution in [2.45, 2.75) is 13.8 Å². The van der Waals surface area contributed by atoms with Crippen molar-refractivity contribution < 1.29 is 0 Å². The van der Waals surface area contributed by atoms with E-state index in [1.54, 1.807) is 0 Å². The van der Waals surface area contributed by atoms with Gasteiger partial charge in [0, 0.05) is 5.69 Å². The van der Waals surface area contributed by atoms with Gasteiger partial charge in [0.15, 0.2) is 0 Å². The zero-order valence-corrected chi connectivity index (χ0v) is 7.22. The lowest BCUT2D eigenvalue weighted by molar-refractivity contribution is 1.35. The van der Waals surface area contributed by atoms with E-state index in [0.29, 0.717) is 0 Å². The second-order valence-electron chi connectivity index (χ2n) is 2.29. The highest BCUT2D eigenvalue weighted by Gasteiger charge is 1.92. The smallest absolute Gasteiger partial charge is 0.0346 e. The number of rotatable bonds is 0. The first kappa shape index (κ1) is 12.6. The average Bonchev–Trinajstić information content (AvgIpc) is 1.83. The molecule has 64 valence electrons. The van der Waals surface area contributed by atoms with Gasteiger partial charge in [-0.05, 0) is 31.0 Å². The minimum absolute atomic E-state index is 0. The van der Waals surface area contributed by atoms with Crippen LogP contribution in [0.4, 0.5) is 5.69 Å². The first-order chi connectivity index (χ1) is 4.22. The molecule has 0 spiro atoms. The number of nitrogen functional groups attached to an aromatic ring is 1. The van der Waals surface area contributed by atoms with Gasteiger partial charge in [-0.3, -0.25) is 0 Å². The van der Waals surface area contributed by atoms with Crippen LogP contribution in [0.25, 0.3) is 0 Å². The topological polar surface area (TPSA) is 96.0 Å². The molecule has 0 bridgehead atoms. The normalized spacial score (nSPS) is 7.82. The van der Waals surface area contributed by atoms with Gasteiger partial charge in [-0.15, -0.1) is 0 Å². The molecule has 1 aromatic rings. The Balaban J connectivity index is 0. The molecular formula is C8H17N3. The van der Waals surface area contributed by atoms with Crippen LogP contribution >= 0.6 is 0 Å². The summed E-state index contributed by atoms with van der Waals surface area (Å²) in [4.78, 5) is 0. The van der Waals surface area contributed by atoms with Crippen molar-refractivity contribution in [2.75, 3.05) is 5.73 Å². The Kier molecular flexibility index (Phi) is 5.39. The van der Waals surface area contributed by atoms with E-state index in [9.17, 15) is 0 Å². The van der Waals surface area contributed by atoms with Crippen molar-refractivity contribution in [3.8, 4) is 0 Å². The third-order valence-corrected chi connectivity index (χ3v) is 1.65. The van der Waals surface area contributed by atoms with Gasteiger partial charge in [0.25, 0.3) is 0 Å². The minimum Gasteiger partial charge on any atom is -0.399 e. The highest BCUT2D eigenvalue weighted by atomic mass is 14.5. The molecule has 0 atom stereocenters. The number of aryl methyl sites for hydroxylation is 1. The van der Waals surface area contributed by atoms with E-state index in [4.69, 9.17) is 5.73 Å². The Morgan fingerprint density at radius 3 is 2.00 bits per heavy atom. The Morgan fingerprint density at radius 1 is 1.09 bits per heavy atom. The molecule has 0 unspecified atom stereocenters. The van der Waals surface area contributed by atoms with Gasteiger partial charge in [0.2, 0.25) is 0 Å². The quantitative estimate of drug-likeness (QED) is 0.501. The molecule has 1 rings (SSSR count). The summed E-state index contributed by atoms with van der Waals surface area (Å²) in [6, 6.07) is 5.95. The lowest BCUT2D eigenvalue weighted by atomic mass is 10.1. The molecule has 0 heterocycles. The van der Waals surface area contributed by atoms with Crippen LogP contribution in [0, 0.1) is 13.8 Å². The monoisotopic (exact) mass is 155 g/mol. The van der Waals surface area contributed by atoms with Crippen LogP contribution in [-0.2, 0) is 0 Å². The molecule has 0 saturated heterocycles. The van der Waals surface area contributed by atoms with Crippen molar-refractivity contribution in [2.24, 2.45) is 0 Å². The SMILES string of the molecule is Cc1cccc(N)c1C.N.N. The van der Waals surface area contributed by atoms with Crippen LogP contribution in [0.2, 0.25) is 0 Å². The predicted octanol–water partition coefficient (Wildman–Crippen LogP) is 2.21. The minimum atomic E-state index is 0. The first-order valence-electron chi connectivity index (χ1n) is 3.03. The molecule has 0 amide bonds. The third kappa shape index (κ3) is 2.57. The summed E-state index contributed by atoms with van der Waals surface area (Å²) in [5.74, 6) is 0. The Labute approximate surface area is 67.8 Å². The molecule has 0 fully saturated rings. The highest BCUT2D eigenvalue weighted by Crippen LogP contribution is 2.13. The second kappa shape index (κ2) is 4.71. The largest absolute Gasteiger partial charge is 0.399 e. The molecule has 11 heavy (non-hydrogen) atoms. The van der Waals surface area contributed by atoms with Crippen LogP contribution < -0.4 is 18.0 Å². The zero-order valence-electron chi connectivity index (χ0n) is 7.22. The number of benzene rings is 1. The van der Waals surface area contributed by atoms with E-state index in [0.717, 1.165) is 5.69 Å². The van der Waals surface area contributed by atoms with E-state index in [-0.39, 0.29) is 12.3 Å². The average molecular weight is 155 g/mol. The molecule has 0 aromatic heterocycles. The Bertz CT molecular complexity index is 200. The van der Waals surface area contributed by atoms with Crippen molar-refractivity contribution in [3.63, 3.8) is 0 Å². The lowest BCUT2D eigenvalue weighted by Gasteiger charge is -2.00. The summed E-state index contributed by atoms with van der Waals surface area (Å²) in [7, 11) is 0. The maximum atomic E-state index is 5.62. The zero-order chi connectivity index (χ0) is 6.85. The van der Waals surface area contributed by atoms with Gasteiger partial charge in [-0.25, -0.2) is 0 Å². The molecule has 0 aliphatic heterocycles. The van der Waals surface area contributed by atoms with E-state index < -0.39 is 0 Å². The van der Waals surface area contributed by atoms with Gasteiger partial charge in [-0.1, -0.05) is 12.1 Å². The maximum Gasteiger partial charge on any atom is 0.0346 e. The number of hydrogen-bond acceptors (Lipinski definition) is 3. The van der Waals surface area contributed by atoms with E-state index in [1.165, 1.54) is 11.1 Å². The maximum absolute atomic E-state index is 5.62. The standard InChI is InChI=1S/C8H11N.2H3N/c1-6-4-3-5-8(9)7(6)2;;/h3-5H,9H2,1-2H3;2*1H3. The summed E-state index contributed by atoms with van der Waals surface area (Å²) < 4.78 is 0. The van der Waals surface area contributed by atoms with Crippen molar-refractivity contribution >= 4 is 5.69 Å². The Morgan fingerprint density at radius 2 is 1.64 bits per heavy atom. The van der Waals surface area contributed by atoms with Crippen molar-refractivity contribution in [3.05, 3.63) is 29.3 Å². The molecule has 3 heteroatoms. The highest BCUT2D eigenvalue weighted by molar-refractivity contribution is 5.49. The number of hydrogen-bond donors (Lipinski definition) is 3. The summed E-state index contributed by atoms with van der Waals surface area (Å²) in [6.45, 7) is 4.09. The fourth-order valence-electron chi connectivity index (χ4n) is 0.774.